The Morgan fingerprint density at radius 1 is 0.800 bits per heavy atom. The lowest BCUT2D eigenvalue weighted by Crippen LogP contribution is -1.94. The molecule has 0 spiro atoms. The number of hydrogen-bond acceptors (Lipinski definition) is 3. The Kier molecular flexibility index (Phi) is 2.84. The zero-order chi connectivity index (χ0) is 14.1. The highest BCUT2D eigenvalue weighted by molar-refractivity contribution is 5.74. The Morgan fingerprint density at radius 3 is 2.30 bits per heavy atom. The van der Waals surface area contributed by atoms with E-state index in [0.717, 1.165) is 11.8 Å². The molecule has 1 heterocycles. The number of phenols is 3. The molecule has 0 aliphatic heterocycles. The summed E-state index contributed by atoms with van der Waals surface area (Å²) in [7, 11) is 0. The van der Waals surface area contributed by atoms with E-state index in [0.29, 0.717) is 11.3 Å². The van der Waals surface area contributed by atoms with Gasteiger partial charge in [0.2, 0.25) is 0 Å². The Morgan fingerprint density at radius 2 is 1.55 bits per heavy atom. The first-order chi connectivity index (χ1) is 9.66. The maximum absolute atomic E-state index is 9.99. The second-order valence-corrected chi connectivity index (χ2v) is 4.46. The molecular weight excluding hydrogens is 254 g/mol. The third kappa shape index (κ3) is 1.97. The van der Waals surface area contributed by atoms with Crippen LogP contribution in [0, 0.1) is 0 Å². The highest BCUT2D eigenvalue weighted by Crippen LogP contribution is 2.40. The van der Waals surface area contributed by atoms with Crippen LogP contribution in [-0.2, 0) is 0 Å². The van der Waals surface area contributed by atoms with Crippen LogP contribution in [-0.4, -0.2) is 19.9 Å². The molecule has 1 aromatic heterocycles. The average Bonchev–Trinajstić information content (AvgIpc) is 2.93. The lowest BCUT2D eigenvalue weighted by Gasteiger charge is -2.12. The van der Waals surface area contributed by atoms with Crippen LogP contribution in [0.3, 0.4) is 0 Å². The van der Waals surface area contributed by atoms with E-state index in [1.54, 1.807) is 6.07 Å². The number of benzene rings is 2. The Hall–Kier alpha value is -2.88. The molecule has 0 atom stereocenters. The minimum Gasteiger partial charge on any atom is -0.508 e. The highest BCUT2D eigenvalue weighted by Gasteiger charge is 2.14. The lowest BCUT2D eigenvalue weighted by molar-refractivity contribution is 0.398. The van der Waals surface area contributed by atoms with Crippen LogP contribution in [0.2, 0.25) is 0 Å². The largest absolute Gasteiger partial charge is 0.508 e. The molecule has 2 aromatic carbocycles. The Bertz CT molecular complexity index is 748. The van der Waals surface area contributed by atoms with Crippen molar-refractivity contribution in [1.29, 1.82) is 0 Å². The third-order valence-electron chi connectivity index (χ3n) is 3.13. The van der Waals surface area contributed by atoms with Gasteiger partial charge in [0.25, 0.3) is 0 Å². The smallest absolute Gasteiger partial charge is 0.167 e. The first-order valence-corrected chi connectivity index (χ1v) is 6.15. The van der Waals surface area contributed by atoms with Crippen molar-refractivity contribution in [2.24, 2.45) is 0 Å². The summed E-state index contributed by atoms with van der Waals surface area (Å²) in [6.07, 6.45) is 1.85. The third-order valence-corrected chi connectivity index (χ3v) is 3.13. The molecule has 0 radical (unpaired) electrons. The maximum atomic E-state index is 9.99. The fourth-order valence-electron chi connectivity index (χ4n) is 2.21. The van der Waals surface area contributed by atoms with Crippen molar-refractivity contribution in [2.75, 3.05) is 0 Å². The van der Waals surface area contributed by atoms with Crippen molar-refractivity contribution in [3.8, 4) is 34.2 Å². The summed E-state index contributed by atoms with van der Waals surface area (Å²) in [6, 6.07) is 15.8. The van der Waals surface area contributed by atoms with Crippen molar-refractivity contribution < 1.29 is 15.3 Å². The topological polar surface area (TPSA) is 65.6 Å². The standard InChI is InChI=1S/C16H13NO3/c18-12-9-13(16(20)15(19)10-12)14-7-4-8-17(14)11-5-2-1-3-6-11/h1-10,18-20H. The van der Waals surface area contributed by atoms with Gasteiger partial charge >= 0.3 is 0 Å². The maximum Gasteiger partial charge on any atom is 0.167 e. The molecule has 0 saturated carbocycles. The minimum absolute atomic E-state index is 0.101. The molecule has 4 heteroatoms. The first-order valence-electron chi connectivity index (χ1n) is 6.15. The van der Waals surface area contributed by atoms with E-state index in [-0.39, 0.29) is 17.2 Å². The van der Waals surface area contributed by atoms with Crippen molar-refractivity contribution in [1.82, 2.24) is 4.57 Å². The molecule has 3 aromatic rings. The summed E-state index contributed by atoms with van der Waals surface area (Å²) in [5.74, 6) is -0.699. The molecule has 4 nitrogen and oxygen atoms in total. The molecular formula is C16H13NO3. The molecule has 0 unspecified atom stereocenters. The molecule has 0 bridgehead atoms. The fourth-order valence-corrected chi connectivity index (χ4v) is 2.21. The van der Waals surface area contributed by atoms with Crippen LogP contribution >= 0.6 is 0 Å². The summed E-state index contributed by atoms with van der Waals surface area (Å²) >= 11 is 0. The van der Waals surface area contributed by atoms with Crippen molar-refractivity contribution in [3.05, 3.63) is 60.8 Å². The van der Waals surface area contributed by atoms with Crippen LogP contribution in [0.15, 0.2) is 60.8 Å². The van der Waals surface area contributed by atoms with Crippen LogP contribution < -0.4 is 0 Å². The molecule has 20 heavy (non-hydrogen) atoms. The Labute approximate surface area is 115 Å². The van der Waals surface area contributed by atoms with E-state index in [1.165, 1.54) is 6.07 Å². The van der Waals surface area contributed by atoms with Crippen molar-refractivity contribution in [3.63, 3.8) is 0 Å². The van der Waals surface area contributed by atoms with Crippen LogP contribution in [0.5, 0.6) is 17.2 Å². The monoisotopic (exact) mass is 267 g/mol. The van der Waals surface area contributed by atoms with E-state index in [2.05, 4.69) is 0 Å². The molecule has 100 valence electrons. The molecule has 0 aliphatic rings. The zero-order valence-electron chi connectivity index (χ0n) is 10.6. The normalized spacial score (nSPS) is 10.6. The SMILES string of the molecule is Oc1cc(O)c(O)c(-c2cccn2-c2ccccc2)c1. The van der Waals surface area contributed by atoms with Gasteiger partial charge in [-0.3, -0.25) is 0 Å². The second kappa shape index (κ2) is 4.66. The van der Waals surface area contributed by atoms with Crippen molar-refractivity contribution in [2.45, 2.75) is 0 Å². The zero-order valence-corrected chi connectivity index (χ0v) is 10.6. The summed E-state index contributed by atoms with van der Waals surface area (Å²) in [4.78, 5) is 0. The van der Waals surface area contributed by atoms with Gasteiger partial charge in [0.1, 0.15) is 5.75 Å². The van der Waals surface area contributed by atoms with Crippen molar-refractivity contribution >= 4 is 0 Å². The van der Waals surface area contributed by atoms with Gasteiger partial charge in [0, 0.05) is 23.5 Å². The molecule has 0 amide bonds. The van der Waals surface area contributed by atoms with E-state index in [9.17, 15) is 15.3 Å². The summed E-state index contributed by atoms with van der Waals surface area (Å²) in [6.45, 7) is 0. The highest BCUT2D eigenvalue weighted by atomic mass is 16.3. The number of hydrogen-bond donors (Lipinski definition) is 3. The van der Waals surface area contributed by atoms with Gasteiger partial charge < -0.3 is 19.9 Å². The summed E-state index contributed by atoms with van der Waals surface area (Å²) < 4.78 is 1.87. The van der Waals surface area contributed by atoms with Gasteiger partial charge in [-0.2, -0.15) is 0 Å². The van der Waals surface area contributed by atoms with E-state index in [4.69, 9.17) is 0 Å². The number of para-hydroxylation sites is 1. The van der Waals surface area contributed by atoms with E-state index < -0.39 is 0 Å². The van der Waals surface area contributed by atoms with Crippen LogP contribution in [0.4, 0.5) is 0 Å². The number of aromatic nitrogens is 1. The molecule has 0 saturated heterocycles. The average molecular weight is 267 g/mol. The quantitative estimate of drug-likeness (QED) is 0.493. The lowest BCUT2D eigenvalue weighted by atomic mass is 10.1. The predicted octanol–water partition coefficient (Wildman–Crippen LogP) is 3.26. The molecule has 0 fully saturated rings. The van der Waals surface area contributed by atoms with Gasteiger partial charge in [-0.25, -0.2) is 0 Å². The number of rotatable bonds is 2. The van der Waals surface area contributed by atoms with Gasteiger partial charge in [-0.05, 0) is 30.3 Å². The fraction of sp³-hybridized carbons (Fsp3) is 0. The number of aromatic hydroxyl groups is 3. The van der Waals surface area contributed by atoms with Gasteiger partial charge in [0.05, 0.1) is 5.69 Å². The number of phenolic OH excluding ortho intramolecular Hbond substituents is 3. The van der Waals surface area contributed by atoms with E-state index >= 15 is 0 Å². The van der Waals surface area contributed by atoms with Crippen LogP contribution in [0.1, 0.15) is 0 Å². The van der Waals surface area contributed by atoms with Gasteiger partial charge in [0.15, 0.2) is 11.5 Å². The molecule has 3 rings (SSSR count). The summed E-state index contributed by atoms with van der Waals surface area (Å²) in [5.41, 5.74) is 1.98. The second-order valence-electron chi connectivity index (χ2n) is 4.46. The van der Waals surface area contributed by atoms with E-state index in [1.807, 2.05) is 47.2 Å². The van der Waals surface area contributed by atoms with Gasteiger partial charge in [-0.1, -0.05) is 18.2 Å². The first kappa shape index (κ1) is 12.2. The number of nitrogens with zero attached hydrogens (tertiary/aromatic N) is 1. The van der Waals surface area contributed by atoms with Crippen LogP contribution in [0.25, 0.3) is 16.9 Å². The molecule has 3 N–H and O–H groups in total. The predicted molar refractivity (Wildman–Crippen MR) is 76.2 cm³/mol. The molecule has 0 aliphatic carbocycles. The summed E-state index contributed by atoms with van der Waals surface area (Å²) in [5, 5.41) is 29.2. The Balaban J connectivity index is 2.21. The van der Waals surface area contributed by atoms with Gasteiger partial charge in [-0.15, -0.1) is 0 Å². The minimum atomic E-state index is -0.346.